The first kappa shape index (κ1) is 32.2. The SMILES string of the molecule is O=C1CCC(n2ncc3cc(C4CCN(CCCS(=O)(=O)N5CCC(Nc6ncc(OC(F)F)cn6)CC5)CC4)ccc32)C(=O)N1. The van der Waals surface area contributed by atoms with Crippen molar-refractivity contribution in [2.24, 2.45) is 0 Å². The van der Waals surface area contributed by atoms with Crippen LogP contribution >= 0.6 is 0 Å². The van der Waals surface area contributed by atoms with Crippen molar-refractivity contribution >= 4 is 38.7 Å². The number of piperidine rings is 3. The van der Waals surface area contributed by atoms with Crippen LogP contribution in [-0.2, 0) is 19.6 Å². The molecule has 2 N–H and O–H groups in total. The highest BCUT2D eigenvalue weighted by Gasteiger charge is 2.31. The summed E-state index contributed by atoms with van der Waals surface area (Å²) in [6.45, 7) is 0.370. The van der Waals surface area contributed by atoms with E-state index in [9.17, 15) is 26.8 Å². The molecule has 0 aliphatic carbocycles. The fourth-order valence-electron chi connectivity index (χ4n) is 6.59. The van der Waals surface area contributed by atoms with Crippen LogP contribution in [0.4, 0.5) is 14.7 Å². The lowest BCUT2D eigenvalue weighted by Crippen LogP contribution is -2.44. The number of aromatic nitrogens is 4. The maximum atomic E-state index is 13.0. The lowest BCUT2D eigenvalue weighted by molar-refractivity contribution is -0.135. The number of likely N-dealkylation sites (tertiary alicyclic amines) is 1. The summed E-state index contributed by atoms with van der Waals surface area (Å²) in [4.78, 5) is 34.2. The standard InChI is InChI=1S/C30H38F2N8O5S/c31-29(32)45-24-18-33-30(34-19-24)36-23-8-13-39(14-9-23)46(43,44)15-1-10-38-11-6-20(7-12-38)21-2-3-25-22(16-21)17-35-40(25)26-4-5-27(41)37-28(26)42/h2-3,16-20,23,26,29H,1,4-15H2,(H,33,34,36)(H,37,41,42). The molecular formula is C30H38F2N8O5S. The summed E-state index contributed by atoms with van der Waals surface area (Å²) in [5, 5.41) is 11.0. The van der Waals surface area contributed by atoms with E-state index in [2.05, 4.69) is 47.5 Å². The van der Waals surface area contributed by atoms with Gasteiger partial charge in [-0.15, -0.1) is 0 Å². The number of nitrogens with zero attached hydrogens (tertiary/aromatic N) is 6. The Bertz CT molecular complexity index is 1640. The van der Waals surface area contributed by atoms with Gasteiger partial charge in [-0.3, -0.25) is 19.6 Å². The van der Waals surface area contributed by atoms with Crippen molar-refractivity contribution < 1.29 is 31.5 Å². The highest BCUT2D eigenvalue weighted by Crippen LogP contribution is 2.32. The molecule has 2 aromatic heterocycles. The summed E-state index contributed by atoms with van der Waals surface area (Å²) in [6.07, 6.45) is 8.58. The van der Waals surface area contributed by atoms with E-state index in [4.69, 9.17) is 0 Å². The number of imide groups is 1. The molecule has 3 aliphatic rings. The summed E-state index contributed by atoms with van der Waals surface area (Å²) in [5.41, 5.74) is 2.11. The Morgan fingerprint density at radius 2 is 1.74 bits per heavy atom. The third-order valence-electron chi connectivity index (χ3n) is 9.09. The number of anilines is 1. The Morgan fingerprint density at radius 1 is 1.00 bits per heavy atom. The number of benzene rings is 1. The van der Waals surface area contributed by atoms with Crippen LogP contribution in [0.5, 0.6) is 5.75 Å². The van der Waals surface area contributed by atoms with Gasteiger partial charge in [-0.2, -0.15) is 13.9 Å². The largest absolute Gasteiger partial charge is 0.432 e. The van der Waals surface area contributed by atoms with E-state index in [1.54, 1.807) is 15.2 Å². The van der Waals surface area contributed by atoms with Crippen molar-refractivity contribution in [2.75, 3.05) is 43.8 Å². The lowest BCUT2D eigenvalue weighted by Gasteiger charge is -2.33. The van der Waals surface area contributed by atoms with Crippen LogP contribution < -0.4 is 15.4 Å². The van der Waals surface area contributed by atoms with Gasteiger partial charge in [-0.1, -0.05) is 6.07 Å². The van der Waals surface area contributed by atoms with Crippen LogP contribution in [-0.4, -0.2) is 100 Å². The molecule has 3 aliphatic heterocycles. The molecule has 3 fully saturated rings. The Hall–Kier alpha value is -3.76. The number of hydrogen-bond donors (Lipinski definition) is 2. The number of alkyl halides is 2. The van der Waals surface area contributed by atoms with Crippen molar-refractivity contribution in [1.82, 2.24) is 34.3 Å². The van der Waals surface area contributed by atoms with E-state index < -0.39 is 22.7 Å². The van der Waals surface area contributed by atoms with E-state index in [1.807, 2.05) is 6.07 Å². The number of amides is 2. The van der Waals surface area contributed by atoms with Crippen molar-refractivity contribution in [3.05, 3.63) is 42.4 Å². The third kappa shape index (κ3) is 7.61. The van der Waals surface area contributed by atoms with E-state index >= 15 is 0 Å². The molecule has 13 nitrogen and oxygen atoms in total. The average Bonchev–Trinajstić information content (AvgIpc) is 3.45. The van der Waals surface area contributed by atoms with Crippen LogP contribution in [0, 0.1) is 0 Å². The Morgan fingerprint density at radius 3 is 2.43 bits per heavy atom. The number of rotatable bonds is 11. The van der Waals surface area contributed by atoms with Crippen molar-refractivity contribution in [3.63, 3.8) is 0 Å². The normalized spacial score (nSPS) is 21.2. The summed E-state index contributed by atoms with van der Waals surface area (Å²) >= 11 is 0. The zero-order valence-electron chi connectivity index (χ0n) is 25.4. The molecule has 0 saturated carbocycles. The van der Waals surface area contributed by atoms with Crippen LogP contribution in [0.3, 0.4) is 0 Å². The smallest absolute Gasteiger partial charge is 0.387 e. The van der Waals surface area contributed by atoms with Gasteiger partial charge in [0, 0.05) is 30.9 Å². The zero-order chi connectivity index (χ0) is 32.3. The predicted octanol–water partition coefficient (Wildman–Crippen LogP) is 2.88. The Balaban J connectivity index is 0.921. The van der Waals surface area contributed by atoms with Crippen LogP contribution in [0.1, 0.15) is 62.5 Å². The highest BCUT2D eigenvalue weighted by molar-refractivity contribution is 7.89. The van der Waals surface area contributed by atoms with Gasteiger partial charge in [0.05, 0.1) is 29.9 Å². The van der Waals surface area contributed by atoms with Crippen molar-refractivity contribution in [3.8, 4) is 5.75 Å². The van der Waals surface area contributed by atoms with Gasteiger partial charge in [0.15, 0.2) is 5.75 Å². The first-order valence-corrected chi connectivity index (χ1v) is 17.3. The molecule has 1 unspecified atom stereocenters. The molecule has 6 rings (SSSR count). The molecule has 1 aromatic carbocycles. The van der Waals surface area contributed by atoms with Gasteiger partial charge in [0.25, 0.3) is 5.91 Å². The van der Waals surface area contributed by atoms with Crippen LogP contribution in [0.15, 0.2) is 36.8 Å². The fraction of sp³-hybridized carbons (Fsp3) is 0.567. The number of halogens is 2. The van der Waals surface area contributed by atoms with Gasteiger partial charge in [-0.25, -0.2) is 22.7 Å². The average molecular weight is 661 g/mol. The number of hydrogen-bond acceptors (Lipinski definition) is 10. The minimum Gasteiger partial charge on any atom is -0.432 e. The zero-order valence-corrected chi connectivity index (χ0v) is 26.2. The molecule has 5 heterocycles. The van der Waals surface area contributed by atoms with Crippen LogP contribution in [0.2, 0.25) is 0 Å². The lowest BCUT2D eigenvalue weighted by atomic mass is 9.89. The molecular weight excluding hydrogens is 622 g/mol. The molecule has 16 heteroatoms. The van der Waals surface area contributed by atoms with Gasteiger partial charge in [-0.05, 0) is 81.8 Å². The van der Waals surface area contributed by atoms with E-state index in [0.717, 1.165) is 43.4 Å². The van der Waals surface area contributed by atoms with Crippen molar-refractivity contribution in [2.45, 2.75) is 69.6 Å². The molecule has 3 aromatic rings. The maximum Gasteiger partial charge on any atom is 0.387 e. The molecule has 0 spiro atoms. The summed E-state index contributed by atoms with van der Waals surface area (Å²) in [7, 11) is -3.37. The first-order chi connectivity index (χ1) is 22.1. The quantitative estimate of drug-likeness (QED) is 0.294. The van der Waals surface area contributed by atoms with Gasteiger partial charge < -0.3 is 15.0 Å². The van der Waals surface area contributed by atoms with Crippen molar-refractivity contribution in [1.29, 1.82) is 0 Å². The number of carbonyl (C=O) groups is 2. The van der Waals surface area contributed by atoms with E-state index in [1.165, 1.54) is 18.0 Å². The summed E-state index contributed by atoms with van der Waals surface area (Å²) < 4.78 is 58.2. The molecule has 0 bridgehead atoms. The molecule has 0 radical (unpaired) electrons. The van der Waals surface area contributed by atoms with Crippen LogP contribution in [0.25, 0.3) is 10.9 Å². The number of ether oxygens (including phenoxy) is 1. The molecule has 248 valence electrons. The minimum absolute atomic E-state index is 0.0168. The molecule has 2 amide bonds. The number of carbonyl (C=O) groups excluding carboxylic acids is 2. The maximum absolute atomic E-state index is 13.0. The minimum atomic E-state index is -3.37. The number of sulfonamides is 1. The Labute approximate surface area is 265 Å². The monoisotopic (exact) mass is 660 g/mol. The topological polar surface area (TPSA) is 152 Å². The van der Waals surface area contributed by atoms with Gasteiger partial charge >= 0.3 is 6.61 Å². The number of fused-ring (bicyclic) bond motifs is 1. The fourth-order valence-corrected chi connectivity index (χ4v) is 8.11. The summed E-state index contributed by atoms with van der Waals surface area (Å²) in [5.74, 6) is 0.102. The van der Waals surface area contributed by atoms with Gasteiger partial charge in [0.1, 0.15) is 6.04 Å². The Kier molecular flexibility index (Phi) is 9.75. The predicted molar refractivity (Wildman–Crippen MR) is 165 cm³/mol. The highest BCUT2D eigenvalue weighted by atomic mass is 32.2. The second-order valence-electron chi connectivity index (χ2n) is 12.1. The summed E-state index contributed by atoms with van der Waals surface area (Å²) in [6, 6.07) is 5.76. The molecule has 46 heavy (non-hydrogen) atoms. The second kappa shape index (κ2) is 13.9. The number of nitrogens with one attached hydrogen (secondary N) is 2. The van der Waals surface area contributed by atoms with Gasteiger partial charge in [0.2, 0.25) is 21.9 Å². The third-order valence-corrected chi connectivity index (χ3v) is 11.1. The molecule has 3 saturated heterocycles. The van der Waals surface area contributed by atoms with E-state index in [-0.39, 0.29) is 35.3 Å². The second-order valence-corrected chi connectivity index (χ2v) is 14.2. The molecule has 1 atom stereocenters. The van der Waals surface area contributed by atoms with E-state index in [0.29, 0.717) is 51.1 Å². The first-order valence-electron chi connectivity index (χ1n) is 15.7.